The zero-order chi connectivity index (χ0) is 19.8. The quantitative estimate of drug-likeness (QED) is 0.453. The molecule has 7 heteroatoms. The van der Waals surface area contributed by atoms with Crippen molar-refractivity contribution in [2.75, 3.05) is 72.6 Å². The summed E-state index contributed by atoms with van der Waals surface area (Å²) in [5.74, 6) is 0.139. The molecule has 0 saturated carbocycles. The van der Waals surface area contributed by atoms with Gasteiger partial charge in [0.25, 0.3) is 0 Å². The number of likely N-dealkylation sites (tertiary alicyclic amines) is 2. The van der Waals surface area contributed by atoms with Crippen molar-refractivity contribution < 1.29 is 14.3 Å². The molecule has 0 N–H and O–H groups in total. The molecule has 3 saturated heterocycles. The summed E-state index contributed by atoms with van der Waals surface area (Å²) in [5, 5.41) is 0. The number of piperidine rings is 2. The van der Waals surface area contributed by atoms with Crippen LogP contribution >= 0.6 is 0 Å². The van der Waals surface area contributed by atoms with Crippen molar-refractivity contribution in [3.8, 4) is 0 Å². The number of esters is 1. The number of rotatable bonds is 8. The topological polar surface area (TPSA) is 56.3 Å². The summed E-state index contributed by atoms with van der Waals surface area (Å²) < 4.78 is 5.37. The van der Waals surface area contributed by atoms with E-state index in [1.54, 1.807) is 0 Å². The van der Waals surface area contributed by atoms with E-state index in [9.17, 15) is 9.59 Å². The van der Waals surface area contributed by atoms with Crippen LogP contribution in [0.15, 0.2) is 0 Å². The van der Waals surface area contributed by atoms with E-state index in [4.69, 9.17) is 4.74 Å². The maximum absolute atomic E-state index is 12.0. The monoisotopic (exact) mass is 394 g/mol. The fourth-order valence-electron chi connectivity index (χ4n) is 4.57. The predicted molar refractivity (Wildman–Crippen MR) is 109 cm³/mol. The van der Waals surface area contributed by atoms with Gasteiger partial charge in [-0.3, -0.25) is 14.5 Å². The molecule has 0 radical (unpaired) electrons. The Balaban J connectivity index is 1.22. The summed E-state index contributed by atoms with van der Waals surface area (Å²) in [6, 6.07) is 0.745. The van der Waals surface area contributed by atoms with Crippen LogP contribution in [-0.2, 0) is 14.3 Å². The summed E-state index contributed by atoms with van der Waals surface area (Å²) in [6.07, 6.45) is 6.55. The maximum atomic E-state index is 12.0. The van der Waals surface area contributed by atoms with E-state index in [0.29, 0.717) is 26.0 Å². The molecule has 0 aromatic rings. The third-order valence-electron chi connectivity index (χ3n) is 6.50. The van der Waals surface area contributed by atoms with Crippen LogP contribution in [-0.4, -0.2) is 110 Å². The second-order valence-corrected chi connectivity index (χ2v) is 8.57. The smallest absolute Gasteiger partial charge is 0.307 e. The Morgan fingerprint density at radius 1 is 1.00 bits per heavy atom. The summed E-state index contributed by atoms with van der Waals surface area (Å²) >= 11 is 0. The number of hydrogen-bond donors (Lipinski definition) is 0. The van der Waals surface area contributed by atoms with Gasteiger partial charge in [-0.1, -0.05) is 0 Å². The van der Waals surface area contributed by atoms with Gasteiger partial charge in [0.1, 0.15) is 0 Å². The largest absolute Gasteiger partial charge is 0.466 e. The molecule has 0 aliphatic carbocycles. The molecule has 3 fully saturated rings. The highest BCUT2D eigenvalue weighted by molar-refractivity contribution is 5.76. The number of amides is 1. The van der Waals surface area contributed by atoms with Crippen LogP contribution in [0.2, 0.25) is 0 Å². The Morgan fingerprint density at radius 3 is 2.46 bits per heavy atom. The van der Waals surface area contributed by atoms with E-state index in [1.807, 2.05) is 4.90 Å². The Labute approximate surface area is 169 Å². The van der Waals surface area contributed by atoms with E-state index >= 15 is 0 Å². The van der Waals surface area contributed by atoms with Crippen LogP contribution < -0.4 is 0 Å². The van der Waals surface area contributed by atoms with E-state index in [2.05, 4.69) is 21.7 Å². The van der Waals surface area contributed by atoms with Gasteiger partial charge in [-0.15, -0.1) is 0 Å². The number of carbonyl (C=O) groups is 2. The molecule has 0 bridgehead atoms. The molecule has 0 unspecified atom stereocenters. The Bertz CT molecular complexity index is 500. The highest BCUT2D eigenvalue weighted by atomic mass is 16.5. The average molecular weight is 395 g/mol. The van der Waals surface area contributed by atoms with Gasteiger partial charge in [-0.25, -0.2) is 0 Å². The van der Waals surface area contributed by atoms with Gasteiger partial charge in [-0.2, -0.15) is 0 Å². The molecule has 160 valence electrons. The highest BCUT2D eigenvalue weighted by Gasteiger charge is 2.26. The van der Waals surface area contributed by atoms with E-state index < -0.39 is 0 Å². The molecule has 3 heterocycles. The van der Waals surface area contributed by atoms with Crippen LogP contribution in [0.1, 0.15) is 44.9 Å². The first-order valence-corrected chi connectivity index (χ1v) is 11.2. The fraction of sp³-hybridized carbons (Fsp3) is 0.905. The molecule has 3 aliphatic heterocycles. The third-order valence-corrected chi connectivity index (χ3v) is 6.50. The normalized spacial score (nSPS) is 23.9. The van der Waals surface area contributed by atoms with Crippen LogP contribution in [0.4, 0.5) is 0 Å². The second kappa shape index (κ2) is 11.1. The minimum absolute atomic E-state index is 0.109. The molecule has 3 rings (SSSR count). The molecule has 1 amide bonds. The highest BCUT2D eigenvalue weighted by Crippen LogP contribution is 2.17. The van der Waals surface area contributed by atoms with Gasteiger partial charge in [0.05, 0.1) is 13.0 Å². The molecule has 0 aromatic carbocycles. The first-order chi connectivity index (χ1) is 13.6. The molecule has 0 spiro atoms. The first-order valence-electron chi connectivity index (χ1n) is 11.2. The van der Waals surface area contributed by atoms with Crippen molar-refractivity contribution in [2.24, 2.45) is 0 Å². The van der Waals surface area contributed by atoms with Crippen molar-refractivity contribution in [1.82, 2.24) is 19.6 Å². The Hall–Kier alpha value is -1.18. The average Bonchev–Trinajstić information content (AvgIpc) is 2.72. The van der Waals surface area contributed by atoms with Gasteiger partial charge >= 0.3 is 5.97 Å². The van der Waals surface area contributed by atoms with Crippen molar-refractivity contribution in [2.45, 2.75) is 51.0 Å². The lowest BCUT2D eigenvalue weighted by atomic mass is 10.0. The summed E-state index contributed by atoms with van der Waals surface area (Å²) in [5.41, 5.74) is 0. The number of hydrogen-bond acceptors (Lipinski definition) is 6. The first kappa shape index (κ1) is 21.5. The van der Waals surface area contributed by atoms with E-state index in [1.165, 1.54) is 25.9 Å². The van der Waals surface area contributed by atoms with Crippen LogP contribution in [0.3, 0.4) is 0 Å². The Kier molecular flexibility index (Phi) is 8.55. The van der Waals surface area contributed by atoms with E-state index in [-0.39, 0.29) is 11.9 Å². The molecule has 3 aliphatic rings. The lowest BCUT2D eigenvalue weighted by molar-refractivity contribution is -0.144. The van der Waals surface area contributed by atoms with Gasteiger partial charge in [0, 0.05) is 58.3 Å². The molecule has 28 heavy (non-hydrogen) atoms. The van der Waals surface area contributed by atoms with Gasteiger partial charge in [-0.05, 0) is 52.2 Å². The number of nitrogens with zero attached hydrogens (tertiary/aromatic N) is 4. The van der Waals surface area contributed by atoms with Crippen molar-refractivity contribution in [3.63, 3.8) is 0 Å². The fourth-order valence-corrected chi connectivity index (χ4v) is 4.57. The minimum Gasteiger partial charge on any atom is -0.466 e. The van der Waals surface area contributed by atoms with E-state index in [0.717, 1.165) is 64.6 Å². The standard InChI is InChI=1S/C21H38N4O3/c1-22-11-6-19(7-12-22)24-16-14-23(15-17-24)13-8-21(27)28-18-4-10-25-9-3-2-5-20(25)26/h19H,2-18H2,1H3. The van der Waals surface area contributed by atoms with Gasteiger partial charge < -0.3 is 19.4 Å². The molecule has 7 nitrogen and oxygen atoms in total. The number of piperazine rings is 1. The number of ether oxygens (including phenoxy) is 1. The zero-order valence-electron chi connectivity index (χ0n) is 17.6. The molecular formula is C21H38N4O3. The molecular weight excluding hydrogens is 356 g/mol. The van der Waals surface area contributed by atoms with Gasteiger partial charge in [0.15, 0.2) is 0 Å². The van der Waals surface area contributed by atoms with Crippen molar-refractivity contribution in [1.29, 1.82) is 0 Å². The van der Waals surface area contributed by atoms with Crippen LogP contribution in [0.25, 0.3) is 0 Å². The minimum atomic E-state index is -0.109. The maximum Gasteiger partial charge on any atom is 0.307 e. The lowest BCUT2D eigenvalue weighted by Crippen LogP contribution is -2.53. The third kappa shape index (κ3) is 6.71. The Morgan fingerprint density at radius 2 is 1.75 bits per heavy atom. The lowest BCUT2D eigenvalue weighted by Gasteiger charge is -2.42. The second-order valence-electron chi connectivity index (χ2n) is 8.57. The number of carbonyl (C=O) groups excluding carboxylic acids is 2. The zero-order valence-corrected chi connectivity index (χ0v) is 17.6. The summed E-state index contributed by atoms with van der Waals surface area (Å²) in [6.45, 7) is 9.55. The summed E-state index contributed by atoms with van der Waals surface area (Å²) in [7, 11) is 2.21. The van der Waals surface area contributed by atoms with Crippen LogP contribution in [0.5, 0.6) is 0 Å². The van der Waals surface area contributed by atoms with Crippen molar-refractivity contribution in [3.05, 3.63) is 0 Å². The SMILES string of the molecule is CN1CCC(N2CCN(CCC(=O)OCCCN3CCCCC3=O)CC2)CC1. The van der Waals surface area contributed by atoms with Crippen molar-refractivity contribution >= 4 is 11.9 Å². The molecule has 0 atom stereocenters. The van der Waals surface area contributed by atoms with Gasteiger partial charge in [0.2, 0.25) is 5.91 Å². The predicted octanol–water partition coefficient (Wildman–Crippen LogP) is 1.03. The summed E-state index contributed by atoms with van der Waals surface area (Å²) in [4.78, 5) is 33.1. The molecule has 0 aromatic heterocycles. The van der Waals surface area contributed by atoms with Crippen LogP contribution in [0, 0.1) is 0 Å².